The highest BCUT2D eigenvalue weighted by Gasteiger charge is 2.15. The smallest absolute Gasteiger partial charge is 0.292 e. The van der Waals surface area contributed by atoms with Gasteiger partial charge >= 0.3 is 0 Å². The fourth-order valence-electron chi connectivity index (χ4n) is 2.26. The number of anilines is 1. The molecule has 0 saturated heterocycles. The topological polar surface area (TPSA) is 93.5 Å². The molecule has 0 heterocycles. The third-order valence-electron chi connectivity index (χ3n) is 3.65. The SMILES string of the molecule is Cc1cc(OC(C)C(=O)NCCNc2ccccc2[N+](=O)[O-])ccc1Cl. The van der Waals surface area contributed by atoms with Crippen LogP contribution < -0.4 is 15.4 Å². The van der Waals surface area contributed by atoms with Crippen LogP contribution in [0.3, 0.4) is 0 Å². The highest BCUT2D eigenvalue weighted by molar-refractivity contribution is 6.31. The quantitative estimate of drug-likeness (QED) is 0.417. The Morgan fingerprint density at radius 3 is 2.69 bits per heavy atom. The summed E-state index contributed by atoms with van der Waals surface area (Å²) in [6.07, 6.45) is -0.679. The summed E-state index contributed by atoms with van der Waals surface area (Å²) >= 11 is 5.96. The van der Waals surface area contributed by atoms with Crippen molar-refractivity contribution < 1.29 is 14.5 Å². The van der Waals surface area contributed by atoms with Crippen LogP contribution in [-0.4, -0.2) is 30.0 Å². The van der Waals surface area contributed by atoms with E-state index in [9.17, 15) is 14.9 Å². The summed E-state index contributed by atoms with van der Waals surface area (Å²) in [5.74, 6) is 0.287. The van der Waals surface area contributed by atoms with Crippen LogP contribution in [-0.2, 0) is 4.79 Å². The van der Waals surface area contributed by atoms with Crippen molar-refractivity contribution in [1.29, 1.82) is 0 Å². The molecule has 7 nitrogen and oxygen atoms in total. The Labute approximate surface area is 156 Å². The number of nitro groups is 1. The molecule has 0 fully saturated rings. The molecule has 138 valence electrons. The van der Waals surface area contributed by atoms with Gasteiger partial charge in [-0.05, 0) is 43.7 Å². The minimum Gasteiger partial charge on any atom is -0.481 e. The number of benzene rings is 2. The zero-order valence-electron chi connectivity index (χ0n) is 14.5. The monoisotopic (exact) mass is 377 g/mol. The summed E-state index contributed by atoms with van der Waals surface area (Å²) in [6.45, 7) is 4.16. The largest absolute Gasteiger partial charge is 0.481 e. The van der Waals surface area contributed by atoms with E-state index < -0.39 is 11.0 Å². The van der Waals surface area contributed by atoms with Crippen molar-refractivity contribution in [1.82, 2.24) is 5.32 Å². The molecule has 1 amide bonds. The molecule has 0 saturated carbocycles. The molecule has 0 bridgehead atoms. The standard InChI is InChI=1S/C18H20ClN3O4/c1-12-11-14(7-8-15(12)19)26-13(2)18(23)21-10-9-20-16-5-3-4-6-17(16)22(24)25/h3-8,11,13,20H,9-10H2,1-2H3,(H,21,23). The van der Waals surface area contributed by atoms with Gasteiger partial charge < -0.3 is 15.4 Å². The first-order valence-electron chi connectivity index (χ1n) is 8.06. The second-order valence-corrected chi connectivity index (χ2v) is 6.07. The Morgan fingerprint density at radius 2 is 2.00 bits per heavy atom. The fraction of sp³-hybridized carbons (Fsp3) is 0.278. The van der Waals surface area contributed by atoms with Gasteiger partial charge in [0, 0.05) is 24.2 Å². The van der Waals surface area contributed by atoms with Crippen LogP contribution in [0.15, 0.2) is 42.5 Å². The van der Waals surface area contributed by atoms with Crippen molar-refractivity contribution in [2.75, 3.05) is 18.4 Å². The minimum atomic E-state index is -0.679. The molecule has 8 heteroatoms. The number of nitrogens with zero attached hydrogens (tertiary/aromatic N) is 1. The number of carbonyl (C=O) groups is 1. The average Bonchev–Trinajstić information content (AvgIpc) is 2.61. The Bertz CT molecular complexity index is 798. The summed E-state index contributed by atoms with van der Waals surface area (Å²) in [5.41, 5.74) is 1.27. The fourth-order valence-corrected chi connectivity index (χ4v) is 2.37. The zero-order chi connectivity index (χ0) is 19.1. The van der Waals surface area contributed by atoms with Crippen LogP contribution in [0.5, 0.6) is 5.75 Å². The van der Waals surface area contributed by atoms with E-state index in [1.807, 2.05) is 6.92 Å². The molecular weight excluding hydrogens is 358 g/mol. The number of ether oxygens (including phenoxy) is 1. The molecule has 0 aliphatic carbocycles. The van der Waals surface area contributed by atoms with Crippen LogP contribution in [0.2, 0.25) is 5.02 Å². The van der Waals surface area contributed by atoms with Gasteiger partial charge in [-0.25, -0.2) is 0 Å². The van der Waals surface area contributed by atoms with Crippen molar-refractivity contribution in [3.05, 3.63) is 63.2 Å². The van der Waals surface area contributed by atoms with Gasteiger partial charge in [0.05, 0.1) is 4.92 Å². The third-order valence-corrected chi connectivity index (χ3v) is 4.08. The maximum atomic E-state index is 12.1. The van der Waals surface area contributed by atoms with Gasteiger partial charge in [0.2, 0.25) is 0 Å². The molecule has 0 radical (unpaired) electrons. The molecule has 2 rings (SSSR count). The van der Waals surface area contributed by atoms with Crippen LogP contribution in [0.25, 0.3) is 0 Å². The first-order valence-corrected chi connectivity index (χ1v) is 8.44. The van der Waals surface area contributed by atoms with Gasteiger partial charge in [0.1, 0.15) is 11.4 Å². The van der Waals surface area contributed by atoms with E-state index >= 15 is 0 Å². The Morgan fingerprint density at radius 1 is 1.27 bits per heavy atom. The Balaban J connectivity index is 1.79. The van der Waals surface area contributed by atoms with E-state index in [0.717, 1.165) is 5.56 Å². The lowest BCUT2D eigenvalue weighted by molar-refractivity contribution is -0.384. The number of nitrogens with one attached hydrogen (secondary N) is 2. The lowest BCUT2D eigenvalue weighted by Gasteiger charge is -2.15. The van der Waals surface area contributed by atoms with Crippen LogP contribution >= 0.6 is 11.6 Å². The highest BCUT2D eigenvalue weighted by atomic mass is 35.5. The van der Waals surface area contributed by atoms with E-state index in [2.05, 4.69) is 10.6 Å². The molecule has 0 aromatic heterocycles. The first-order chi connectivity index (χ1) is 12.4. The van der Waals surface area contributed by atoms with E-state index in [0.29, 0.717) is 29.5 Å². The van der Waals surface area contributed by atoms with Crippen LogP contribution in [0.1, 0.15) is 12.5 Å². The van der Waals surface area contributed by atoms with Crippen molar-refractivity contribution in [2.24, 2.45) is 0 Å². The maximum Gasteiger partial charge on any atom is 0.292 e. The number of halogens is 1. The van der Waals surface area contributed by atoms with Crippen molar-refractivity contribution in [2.45, 2.75) is 20.0 Å². The summed E-state index contributed by atoms with van der Waals surface area (Å²) < 4.78 is 5.60. The number of para-hydroxylation sites is 2. The number of carbonyl (C=O) groups excluding carboxylic acids is 1. The molecule has 0 aliphatic heterocycles. The van der Waals surface area contributed by atoms with Crippen LogP contribution in [0, 0.1) is 17.0 Å². The van der Waals surface area contributed by atoms with Gasteiger partial charge in [-0.3, -0.25) is 14.9 Å². The Hall–Kier alpha value is -2.80. The molecule has 2 aromatic carbocycles. The molecule has 2 aromatic rings. The predicted octanol–water partition coefficient (Wildman–Crippen LogP) is 3.55. The van der Waals surface area contributed by atoms with Gasteiger partial charge in [-0.15, -0.1) is 0 Å². The molecule has 0 spiro atoms. The zero-order valence-corrected chi connectivity index (χ0v) is 15.2. The lowest BCUT2D eigenvalue weighted by Crippen LogP contribution is -2.38. The summed E-state index contributed by atoms with van der Waals surface area (Å²) in [4.78, 5) is 22.6. The number of hydrogen-bond acceptors (Lipinski definition) is 5. The lowest BCUT2D eigenvalue weighted by atomic mass is 10.2. The first kappa shape index (κ1) is 19.5. The number of aryl methyl sites for hydroxylation is 1. The van der Waals surface area contributed by atoms with E-state index in [4.69, 9.17) is 16.3 Å². The van der Waals surface area contributed by atoms with E-state index in [1.165, 1.54) is 6.07 Å². The average molecular weight is 378 g/mol. The van der Waals surface area contributed by atoms with Gasteiger partial charge in [0.25, 0.3) is 11.6 Å². The molecule has 1 atom stereocenters. The number of hydrogen-bond donors (Lipinski definition) is 2. The highest BCUT2D eigenvalue weighted by Crippen LogP contribution is 2.23. The molecular formula is C18H20ClN3O4. The predicted molar refractivity (Wildman–Crippen MR) is 101 cm³/mol. The minimum absolute atomic E-state index is 0.00589. The number of amides is 1. The maximum absolute atomic E-state index is 12.1. The van der Waals surface area contributed by atoms with Crippen LogP contribution in [0.4, 0.5) is 11.4 Å². The Kier molecular flexibility index (Phi) is 6.80. The summed E-state index contributed by atoms with van der Waals surface area (Å²) in [7, 11) is 0. The van der Waals surface area contributed by atoms with Gasteiger partial charge in [-0.2, -0.15) is 0 Å². The summed E-state index contributed by atoms with van der Waals surface area (Å²) in [6, 6.07) is 11.5. The van der Waals surface area contributed by atoms with Gasteiger partial charge in [-0.1, -0.05) is 23.7 Å². The third kappa shape index (κ3) is 5.35. The molecule has 1 unspecified atom stereocenters. The van der Waals surface area contributed by atoms with E-state index in [1.54, 1.807) is 43.3 Å². The molecule has 2 N–H and O–H groups in total. The number of rotatable bonds is 8. The molecule has 0 aliphatic rings. The van der Waals surface area contributed by atoms with Crippen molar-refractivity contribution >= 4 is 28.9 Å². The van der Waals surface area contributed by atoms with Gasteiger partial charge in [0.15, 0.2) is 6.10 Å². The van der Waals surface area contributed by atoms with Crippen molar-refractivity contribution in [3.8, 4) is 5.75 Å². The second kappa shape index (κ2) is 9.05. The second-order valence-electron chi connectivity index (χ2n) is 5.66. The van der Waals surface area contributed by atoms with Crippen molar-refractivity contribution in [3.63, 3.8) is 0 Å². The summed E-state index contributed by atoms with van der Waals surface area (Å²) in [5, 5.41) is 17.2. The normalized spacial score (nSPS) is 11.5. The molecule has 26 heavy (non-hydrogen) atoms. The van der Waals surface area contributed by atoms with E-state index in [-0.39, 0.29) is 11.6 Å². The number of nitro benzene ring substituents is 1.